The van der Waals surface area contributed by atoms with Gasteiger partial charge in [-0.3, -0.25) is 4.79 Å². The highest BCUT2D eigenvalue weighted by Gasteiger charge is 2.14. The first-order valence-electron chi connectivity index (χ1n) is 4.70. The van der Waals surface area contributed by atoms with E-state index in [1.165, 1.54) is 0 Å². The van der Waals surface area contributed by atoms with Crippen LogP contribution in [0.4, 0.5) is 0 Å². The van der Waals surface area contributed by atoms with Gasteiger partial charge >= 0.3 is 0 Å². The zero-order valence-electron chi connectivity index (χ0n) is 8.12. The van der Waals surface area contributed by atoms with Crippen molar-refractivity contribution >= 4 is 6.29 Å². The molecule has 4 nitrogen and oxygen atoms in total. The van der Waals surface area contributed by atoms with E-state index in [9.17, 15) is 4.79 Å². The average Bonchev–Trinajstić information content (AvgIpc) is 2.41. The molecule has 0 aliphatic carbocycles. The second-order valence-corrected chi connectivity index (χ2v) is 3.31. The lowest BCUT2D eigenvalue weighted by Crippen LogP contribution is -2.07. The molecule has 4 heteroatoms. The van der Waals surface area contributed by atoms with Crippen molar-refractivity contribution in [2.45, 2.75) is 19.8 Å². The predicted molar refractivity (Wildman–Crippen MR) is 50.4 cm³/mol. The average molecular weight is 192 g/mol. The first-order chi connectivity index (χ1) is 6.81. The minimum absolute atomic E-state index is 0.526. The minimum Gasteiger partial charge on any atom is -0.381 e. The molecule has 0 saturated heterocycles. The van der Waals surface area contributed by atoms with Crippen molar-refractivity contribution < 1.29 is 9.53 Å². The number of ether oxygens (including phenoxy) is 1. The van der Waals surface area contributed by atoms with Gasteiger partial charge in [-0.25, -0.2) is 9.97 Å². The van der Waals surface area contributed by atoms with Crippen molar-refractivity contribution in [2.24, 2.45) is 0 Å². The molecule has 1 aliphatic rings. The first-order valence-corrected chi connectivity index (χ1v) is 4.70. The molecule has 0 bridgehead atoms. The Labute approximate surface area is 82.3 Å². The molecule has 0 N–H and O–H groups in total. The lowest BCUT2D eigenvalue weighted by Gasteiger charge is -2.06. The minimum atomic E-state index is 0.526. The van der Waals surface area contributed by atoms with Crippen LogP contribution in [0.1, 0.15) is 27.6 Å². The quantitative estimate of drug-likeness (QED) is 0.615. The van der Waals surface area contributed by atoms with Crippen molar-refractivity contribution in [2.75, 3.05) is 13.2 Å². The third-order valence-corrected chi connectivity index (χ3v) is 2.33. The number of carbonyl (C=O) groups excluding carboxylic acids is 1. The molecule has 1 aromatic heterocycles. The summed E-state index contributed by atoms with van der Waals surface area (Å²) in [5, 5.41) is 0. The standard InChI is InChI=1S/C10H12N2O2/c1-7-11-9-3-5-14-4-2-8(9)10(6-13)12-7/h6H,2-5H2,1H3. The van der Waals surface area contributed by atoms with E-state index in [0.29, 0.717) is 24.7 Å². The maximum Gasteiger partial charge on any atom is 0.168 e. The van der Waals surface area contributed by atoms with Gasteiger partial charge in [0.1, 0.15) is 11.5 Å². The Bertz CT molecular complexity index is 363. The summed E-state index contributed by atoms with van der Waals surface area (Å²) < 4.78 is 5.33. The van der Waals surface area contributed by atoms with Gasteiger partial charge in [-0.1, -0.05) is 0 Å². The van der Waals surface area contributed by atoms with Crippen molar-refractivity contribution in [1.29, 1.82) is 0 Å². The Hall–Kier alpha value is -1.29. The van der Waals surface area contributed by atoms with Crippen molar-refractivity contribution in [3.8, 4) is 0 Å². The number of fused-ring (bicyclic) bond motifs is 1. The zero-order valence-corrected chi connectivity index (χ0v) is 8.12. The van der Waals surface area contributed by atoms with Crippen LogP contribution in [0, 0.1) is 6.92 Å². The van der Waals surface area contributed by atoms with Crippen LogP contribution in [0.5, 0.6) is 0 Å². The van der Waals surface area contributed by atoms with Crippen molar-refractivity contribution in [1.82, 2.24) is 9.97 Å². The fourth-order valence-corrected chi connectivity index (χ4v) is 1.70. The monoisotopic (exact) mass is 192 g/mol. The second kappa shape index (κ2) is 3.84. The Morgan fingerprint density at radius 2 is 2.07 bits per heavy atom. The number of hydrogen-bond donors (Lipinski definition) is 0. The van der Waals surface area contributed by atoms with Gasteiger partial charge in [0.2, 0.25) is 0 Å². The van der Waals surface area contributed by atoms with Gasteiger partial charge in [0.15, 0.2) is 6.29 Å². The molecule has 0 unspecified atom stereocenters. The van der Waals surface area contributed by atoms with Gasteiger partial charge in [-0.05, 0) is 13.3 Å². The Kier molecular flexibility index (Phi) is 2.54. The summed E-state index contributed by atoms with van der Waals surface area (Å²) in [6.45, 7) is 3.14. The van der Waals surface area contributed by atoms with Gasteiger partial charge < -0.3 is 4.74 Å². The number of nitrogens with zero attached hydrogens (tertiary/aromatic N) is 2. The fraction of sp³-hybridized carbons (Fsp3) is 0.500. The summed E-state index contributed by atoms with van der Waals surface area (Å²) in [5.41, 5.74) is 2.46. The number of aromatic nitrogens is 2. The van der Waals surface area contributed by atoms with E-state index in [2.05, 4.69) is 9.97 Å². The van der Waals surface area contributed by atoms with Gasteiger partial charge in [0.25, 0.3) is 0 Å². The summed E-state index contributed by atoms with van der Waals surface area (Å²) in [6.07, 6.45) is 2.32. The molecule has 0 saturated carbocycles. The van der Waals surface area contributed by atoms with Crippen LogP contribution in [0.25, 0.3) is 0 Å². The third-order valence-electron chi connectivity index (χ3n) is 2.33. The van der Waals surface area contributed by atoms with Crippen LogP contribution in [-0.4, -0.2) is 29.5 Å². The van der Waals surface area contributed by atoms with E-state index in [4.69, 9.17) is 4.74 Å². The molecule has 2 rings (SSSR count). The van der Waals surface area contributed by atoms with E-state index >= 15 is 0 Å². The molecule has 0 amide bonds. The molecule has 14 heavy (non-hydrogen) atoms. The van der Waals surface area contributed by atoms with Crippen LogP contribution in [-0.2, 0) is 17.6 Å². The smallest absolute Gasteiger partial charge is 0.168 e. The number of carbonyl (C=O) groups is 1. The molecule has 74 valence electrons. The Morgan fingerprint density at radius 3 is 2.86 bits per heavy atom. The fourth-order valence-electron chi connectivity index (χ4n) is 1.70. The first kappa shape index (κ1) is 9.27. The van der Waals surface area contributed by atoms with Gasteiger partial charge in [-0.2, -0.15) is 0 Å². The maximum atomic E-state index is 10.8. The van der Waals surface area contributed by atoms with E-state index < -0.39 is 0 Å². The molecule has 1 aromatic rings. The van der Waals surface area contributed by atoms with Crippen molar-refractivity contribution in [3.63, 3.8) is 0 Å². The highest BCUT2D eigenvalue weighted by molar-refractivity contribution is 5.74. The van der Waals surface area contributed by atoms with E-state index in [-0.39, 0.29) is 0 Å². The summed E-state index contributed by atoms with van der Waals surface area (Å²) >= 11 is 0. The van der Waals surface area contributed by atoms with Gasteiger partial charge in [-0.15, -0.1) is 0 Å². The normalized spacial score (nSPS) is 15.8. The lowest BCUT2D eigenvalue weighted by atomic mass is 10.1. The number of aldehydes is 1. The molecule has 0 spiro atoms. The van der Waals surface area contributed by atoms with E-state index in [0.717, 1.165) is 30.4 Å². The summed E-state index contributed by atoms with van der Waals surface area (Å²) in [6, 6.07) is 0. The van der Waals surface area contributed by atoms with Gasteiger partial charge in [0, 0.05) is 12.0 Å². The molecule has 0 fully saturated rings. The van der Waals surface area contributed by atoms with Gasteiger partial charge in [0.05, 0.1) is 18.9 Å². The largest absolute Gasteiger partial charge is 0.381 e. The van der Waals surface area contributed by atoms with Crippen LogP contribution in [0.3, 0.4) is 0 Å². The molecular formula is C10H12N2O2. The number of rotatable bonds is 1. The summed E-state index contributed by atoms with van der Waals surface area (Å²) in [7, 11) is 0. The third kappa shape index (κ3) is 1.65. The highest BCUT2D eigenvalue weighted by Crippen LogP contribution is 2.14. The Morgan fingerprint density at radius 1 is 1.29 bits per heavy atom. The number of aryl methyl sites for hydroxylation is 1. The summed E-state index contributed by atoms with van der Waals surface area (Å²) in [4.78, 5) is 19.3. The SMILES string of the molecule is Cc1nc(C=O)c2c(n1)CCOCC2. The highest BCUT2D eigenvalue weighted by atomic mass is 16.5. The maximum absolute atomic E-state index is 10.8. The van der Waals surface area contributed by atoms with E-state index in [1.54, 1.807) is 6.92 Å². The summed E-state index contributed by atoms with van der Waals surface area (Å²) in [5.74, 6) is 0.660. The predicted octanol–water partition coefficient (Wildman–Crippen LogP) is 0.713. The lowest BCUT2D eigenvalue weighted by molar-refractivity contribution is 0.111. The van der Waals surface area contributed by atoms with Crippen LogP contribution in [0.2, 0.25) is 0 Å². The second-order valence-electron chi connectivity index (χ2n) is 3.31. The molecular weight excluding hydrogens is 180 g/mol. The molecule has 2 heterocycles. The number of hydrogen-bond acceptors (Lipinski definition) is 4. The van der Waals surface area contributed by atoms with Crippen molar-refractivity contribution in [3.05, 3.63) is 22.8 Å². The van der Waals surface area contributed by atoms with Crippen LogP contribution in [0.15, 0.2) is 0 Å². The molecule has 0 atom stereocenters. The molecule has 0 aromatic carbocycles. The van der Waals surface area contributed by atoms with E-state index in [1.807, 2.05) is 0 Å². The molecule has 1 aliphatic heterocycles. The molecule has 0 radical (unpaired) electrons. The van der Waals surface area contributed by atoms with Crippen LogP contribution >= 0.6 is 0 Å². The van der Waals surface area contributed by atoms with Crippen LogP contribution < -0.4 is 0 Å². The topological polar surface area (TPSA) is 52.1 Å². The Balaban J connectivity index is 2.51. The zero-order chi connectivity index (χ0) is 9.97.